The number of halogens is 1. The van der Waals surface area contributed by atoms with E-state index >= 15 is 0 Å². The van der Waals surface area contributed by atoms with Gasteiger partial charge >= 0.3 is 0 Å². The summed E-state index contributed by atoms with van der Waals surface area (Å²) in [4.78, 5) is 0. The van der Waals surface area contributed by atoms with E-state index in [9.17, 15) is 0 Å². The predicted molar refractivity (Wildman–Crippen MR) is 77.5 cm³/mol. The monoisotopic (exact) mass is 283 g/mol. The van der Waals surface area contributed by atoms with E-state index in [1.54, 1.807) is 0 Å². The van der Waals surface area contributed by atoms with Crippen LogP contribution in [0.5, 0.6) is 0 Å². The van der Waals surface area contributed by atoms with Gasteiger partial charge in [0, 0.05) is 15.9 Å². The van der Waals surface area contributed by atoms with Crippen LogP contribution in [-0.4, -0.2) is 0 Å². The second kappa shape index (κ2) is 3.85. The zero-order valence-electron chi connectivity index (χ0n) is 9.84. The molecule has 0 heterocycles. The molecule has 1 radical (unpaired) electrons. The van der Waals surface area contributed by atoms with Crippen molar-refractivity contribution in [3.05, 3.63) is 58.1 Å². The second-order valence-electron chi connectivity index (χ2n) is 4.49. The summed E-state index contributed by atoms with van der Waals surface area (Å²) in [6, 6.07) is 16.3. The Morgan fingerprint density at radius 1 is 1.00 bits per heavy atom. The summed E-state index contributed by atoms with van der Waals surface area (Å²) >= 11 is 3.64. The Balaban J connectivity index is 2.64. The Kier molecular flexibility index (Phi) is 2.44. The Labute approximate surface area is 109 Å². The van der Waals surface area contributed by atoms with Gasteiger partial charge < -0.3 is 0 Å². The molecule has 3 rings (SSSR count). The van der Waals surface area contributed by atoms with Crippen LogP contribution in [0.2, 0.25) is 0 Å². The Hall–Kier alpha value is -1.34. The fraction of sp³-hybridized carbons (Fsp3) is 0.125. The number of benzene rings is 3. The van der Waals surface area contributed by atoms with E-state index < -0.39 is 0 Å². The molecule has 0 aliphatic carbocycles. The topological polar surface area (TPSA) is 0 Å². The number of hydrogen-bond donors (Lipinski definition) is 0. The number of fused-ring (bicyclic) bond motifs is 3. The maximum atomic E-state index is 3.64. The van der Waals surface area contributed by atoms with E-state index in [-0.39, 0.29) is 0 Å². The van der Waals surface area contributed by atoms with Crippen LogP contribution in [0, 0.1) is 19.9 Å². The van der Waals surface area contributed by atoms with Gasteiger partial charge in [-0.25, -0.2) is 0 Å². The quantitative estimate of drug-likeness (QED) is 0.499. The second-order valence-corrected chi connectivity index (χ2v) is 5.28. The van der Waals surface area contributed by atoms with Crippen molar-refractivity contribution in [3.8, 4) is 0 Å². The standard InChI is InChI=1S/C16H12Br/c1-10-7-11(2)16-14(8-10)13-6-4-3-5-12(13)9-15(16)17/h3-8H,1-2H3. The Morgan fingerprint density at radius 3 is 2.59 bits per heavy atom. The van der Waals surface area contributed by atoms with Crippen LogP contribution in [0.4, 0.5) is 0 Å². The Bertz CT molecular complexity index is 726. The minimum Gasteiger partial charge on any atom is -0.0616 e. The van der Waals surface area contributed by atoms with Crippen LogP contribution in [0.25, 0.3) is 21.5 Å². The van der Waals surface area contributed by atoms with Gasteiger partial charge in [0.15, 0.2) is 0 Å². The summed E-state index contributed by atoms with van der Waals surface area (Å²) in [7, 11) is 0. The lowest BCUT2D eigenvalue weighted by molar-refractivity contribution is 1.43. The molecule has 0 aliphatic heterocycles. The molecular weight excluding hydrogens is 272 g/mol. The van der Waals surface area contributed by atoms with Crippen molar-refractivity contribution >= 4 is 37.5 Å². The van der Waals surface area contributed by atoms with Gasteiger partial charge in [-0.2, -0.15) is 0 Å². The van der Waals surface area contributed by atoms with E-state index in [1.165, 1.54) is 27.3 Å². The zero-order valence-corrected chi connectivity index (χ0v) is 11.4. The van der Waals surface area contributed by atoms with Gasteiger partial charge in [0.25, 0.3) is 0 Å². The molecular formula is C16H12Br. The normalized spacial score (nSPS) is 11.2. The summed E-state index contributed by atoms with van der Waals surface area (Å²) in [5, 5.41) is 5.02. The van der Waals surface area contributed by atoms with Gasteiger partial charge in [-0.1, -0.05) is 42.0 Å². The van der Waals surface area contributed by atoms with Crippen molar-refractivity contribution in [2.45, 2.75) is 13.8 Å². The van der Waals surface area contributed by atoms with E-state index in [0.29, 0.717) is 0 Å². The third-order valence-electron chi connectivity index (χ3n) is 3.16. The maximum Gasteiger partial charge on any atom is 0.0341 e. The average Bonchev–Trinajstić information content (AvgIpc) is 2.28. The van der Waals surface area contributed by atoms with Crippen LogP contribution < -0.4 is 0 Å². The molecule has 0 amide bonds. The first kappa shape index (κ1) is 10.8. The first-order valence-electron chi connectivity index (χ1n) is 5.67. The maximum absolute atomic E-state index is 3.64. The van der Waals surface area contributed by atoms with Crippen molar-refractivity contribution < 1.29 is 0 Å². The zero-order chi connectivity index (χ0) is 12.0. The molecule has 17 heavy (non-hydrogen) atoms. The molecule has 3 aromatic rings. The lowest BCUT2D eigenvalue weighted by atomic mass is 9.97. The molecule has 0 aromatic heterocycles. The molecule has 0 fully saturated rings. The van der Waals surface area contributed by atoms with Gasteiger partial charge in [-0.05, 0) is 51.5 Å². The minimum atomic E-state index is 1.06. The SMILES string of the molecule is Cc1cc(C)c2c(Br)[c]c3ccccc3c2c1. The number of hydrogen-bond acceptors (Lipinski definition) is 0. The van der Waals surface area contributed by atoms with E-state index in [0.717, 1.165) is 9.86 Å². The van der Waals surface area contributed by atoms with Gasteiger partial charge in [0.2, 0.25) is 0 Å². The fourth-order valence-electron chi connectivity index (χ4n) is 2.48. The van der Waals surface area contributed by atoms with E-state index in [4.69, 9.17) is 0 Å². The first-order chi connectivity index (χ1) is 8.16. The van der Waals surface area contributed by atoms with Gasteiger partial charge in [-0.15, -0.1) is 0 Å². The summed E-state index contributed by atoms with van der Waals surface area (Å²) in [6.45, 7) is 4.30. The van der Waals surface area contributed by atoms with Gasteiger partial charge in [0.05, 0.1) is 0 Å². The van der Waals surface area contributed by atoms with Crippen molar-refractivity contribution in [1.29, 1.82) is 0 Å². The molecule has 0 unspecified atom stereocenters. The fourth-order valence-corrected chi connectivity index (χ4v) is 3.22. The smallest absolute Gasteiger partial charge is 0.0341 e. The molecule has 0 bridgehead atoms. The van der Waals surface area contributed by atoms with Crippen molar-refractivity contribution in [2.75, 3.05) is 0 Å². The summed E-state index contributed by atoms with van der Waals surface area (Å²) in [5.74, 6) is 0. The van der Waals surface area contributed by atoms with Crippen molar-refractivity contribution in [3.63, 3.8) is 0 Å². The highest BCUT2D eigenvalue weighted by molar-refractivity contribution is 9.10. The third kappa shape index (κ3) is 1.66. The lowest BCUT2D eigenvalue weighted by Gasteiger charge is -2.10. The molecule has 1 heteroatoms. The molecule has 0 saturated heterocycles. The number of rotatable bonds is 0. The van der Waals surface area contributed by atoms with Crippen LogP contribution in [-0.2, 0) is 0 Å². The van der Waals surface area contributed by atoms with Crippen molar-refractivity contribution in [2.24, 2.45) is 0 Å². The molecule has 0 N–H and O–H groups in total. The molecule has 83 valence electrons. The molecule has 0 atom stereocenters. The lowest BCUT2D eigenvalue weighted by Crippen LogP contribution is -1.86. The van der Waals surface area contributed by atoms with Crippen LogP contribution in [0.1, 0.15) is 11.1 Å². The van der Waals surface area contributed by atoms with Crippen LogP contribution in [0.3, 0.4) is 0 Å². The summed E-state index contributed by atoms with van der Waals surface area (Å²) < 4.78 is 1.06. The highest BCUT2D eigenvalue weighted by atomic mass is 79.9. The highest BCUT2D eigenvalue weighted by Crippen LogP contribution is 2.34. The predicted octanol–water partition coefficient (Wildman–Crippen LogP) is 5.17. The van der Waals surface area contributed by atoms with E-state index in [1.807, 2.05) is 0 Å². The van der Waals surface area contributed by atoms with E-state index in [2.05, 4.69) is 72.2 Å². The van der Waals surface area contributed by atoms with Gasteiger partial charge in [0.1, 0.15) is 0 Å². The molecule has 0 saturated carbocycles. The molecule has 3 aromatic carbocycles. The number of aryl methyl sites for hydroxylation is 2. The van der Waals surface area contributed by atoms with Crippen LogP contribution >= 0.6 is 15.9 Å². The molecule has 0 aliphatic rings. The molecule has 0 spiro atoms. The summed E-state index contributed by atoms with van der Waals surface area (Å²) in [5.41, 5.74) is 2.60. The Morgan fingerprint density at radius 2 is 1.76 bits per heavy atom. The first-order valence-corrected chi connectivity index (χ1v) is 6.46. The minimum absolute atomic E-state index is 1.06. The largest absolute Gasteiger partial charge is 0.0616 e. The van der Waals surface area contributed by atoms with Crippen LogP contribution in [0.15, 0.2) is 40.9 Å². The molecule has 0 nitrogen and oxygen atoms in total. The van der Waals surface area contributed by atoms with Crippen molar-refractivity contribution in [1.82, 2.24) is 0 Å². The van der Waals surface area contributed by atoms with Gasteiger partial charge in [-0.3, -0.25) is 0 Å². The third-order valence-corrected chi connectivity index (χ3v) is 3.76. The highest BCUT2D eigenvalue weighted by Gasteiger charge is 2.07. The average molecular weight is 284 g/mol. The summed E-state index contributed by atoms with van der Waals surface area (Å²) in [6.07, 6.45) is 0.